The number of methoxy groups -OCH3 is 1. The fourth-order valence-corrected chi connectivity index (χ4v) is 2.25. The predicted molar refractivity (Wildman–Crippen MR) is 81.9 cm³/mol. The SMILES string of the molecule is CCC(C)C(NC(=O)c1cc(Br)ccc1Cl)C(=O)OC. The molecule has 0 radical (unpaired) electrons. The number of nitrogens with one attached hydrogen (secondary N) is 1. The Bertz CT molecular complexity index is 507. The fraction of sp³-hybridized carbons (Fsp3) is 0.429. The zero-order valence-corrected chi connectivity index (χ0v) is 13.9. The summed E-state index contributed by atoms with van der Waals surface area (Å²) >= 11 is 9.29. The van der Waals surface area contributed by atoms with Gasteiger partial charge in [0.15, 0.2) is 0 Å². The molecule has 0 bridgehead atoms. The van der Waals surface area contributed by atoms with E-state index in [1.807, 2.05) is 13.8 Å². The lowest BCUT2D eigenvalue weighted by Gasteiger charge is -2.22. The van der Waals surface area contributed by atoms with Crippen molar-refractivity contribution in [1.29, 1.82) is 0 Å². The van der Waals surface area contributed by atoms with Crippen molar-refractivity contribution in [3.8, 4) is 0 Å². The van der Waals surface area contributed by atoms with Gasteiger partial charge >= 0.3 is 5.97 Å². The summed E-state index contributed by atoms with van der Waals surface area (Å²) < 4.78 is 5.47. The summed E-state index contributed by atoms with van der Waals surface area (Å²) in [7, 11) is 1.30. The van der Waals surface area contributed by atoms with Crippen LogP contribution in [0.5, 0.6) is 0 Å². The molecule has 110 valence electrons. The highest BCUT2D eigenvalue weighted by molar-refractivity contribution is 9.10. The third-order valence-corrected chi connectivity index (χ3v) is 3.95. The van der Waals surface area contributed by atoms with Gasteiger partial charge in [-0.25, -0.2) is 4.79 Å². The van der Waals surface area contributed by atoms with E-state index in [4.69, 9.17) is 16.3 Å². The van der Waals surface area contributed by atoms with Crippen LogP contribution in [0.4, 0.5) is 0 Å². The fourth-order valence-electron chi connectivity index (χ4n) is 1.69. The number of hydrogen-bond donors (Lipinski definition) is 1. The molecule has 0 fully saturated rings. The normalized spacial score (nSPS) is 13.4. The van der Waals surface area contributed by atoms with Gasteiger partial charge in [-0.1, -0.05) is 47.8 Å². The maximum absolute atomic E-state index is 12.2. The molecule has 0 aliphatic carbocycles. The number of esters is 1. The van der Waals surface area contributed by atoms with E-state index in [-0.39, 0.29) is 5.92 Å². The zero-order valence-electron chi connectivity index (χ0n) is 11.6. The van der Waals surface area contributed by atoms with Gasteiger partial charge in [-0.15, -0.1) is 0 Å². The van der Waals surface area contributed by atoms with Crippen LogP contribution in [0.3, 0.4) is 0 Å². The van der Waals surface area contributed by atoms with Gasteiger partial charge in [0.1, 0.15) is 6.04 Å². The van der Waals surface area contributed by atoms with Gasteiger partial charge in [0.2, 0.25) is 0 Å². The van der Waals surface area contributed by atoms with E-state index in [0.29, 0.717) is 10.6 Å². The van der Waals surface area contributed by atoms with Crippen LogP contribution in [-0.2, 0) is 9.53 Å². The first-order chi connectivity index (χ1) is 9.40. The molecule has 2 atom stereocenters. The Morgan fingerprint density at radius 3 is 2.65 bits per heavy atom. The minimum absolute atomic E-state index is 0.0303. The van der Waals surface area contributed by atoms with Crippen LogP contribution >= 0.6 is 27.5 Å². The van der Waals surface area contributed by atoms with Crippen LogP contribution in [0.1, 0.15) is 30.6 Å². The molecular formula is C14H17BrClNO3. The molecule has 1 N–H and O–H groups in total. The monoisotopic (exact) mass is 361 g/mol. The highest BCUT2D eigenvalue weighted by Gasteiger charge is 2.27. The highest BCUT2D eigenvalue weighted by atomic mass is 79.9. The molecular weight excluding hydrogens is 346 g/mol. The number of carbonyl (C=O) groups is 2. The lowest BCUT2D eigenvalue weighted by Crippen LogP contribution is -2.45. The first kappa shape index (κ1) is 17.0. The molecule has 20 heavy (non-hydrogen) atoms. The Kier molecular flexibility index (Phi) is 6.49. The molecule has 2 unspecified atom stereocenters. The molecule has 0 saturated heterocycles. The zero-order chi connectivity index (χ0) is 15.3. The summed E-state index contributed by atoms with van der Waals surface area (Å²) in [6, 6.07) is 4.29. The second-order valence-corrected chi connectivity index (χ2v) is 5.81. The number of hydrogen-bond acceptors (Lipinski definition) is 3. The van der Waals surface area contributed by atoms with Gasteiger partial charge in [0.25, 0.3) is 5.91 Å². The highest BCUT2D eigenvalue weighted by Crippen LogP contribution is 2.21. The van der Waals surface area contributed by atoms with Crippen LogP contribution in [0.25, 0.3) is 0 Å². The van der Waals surface area contributed by atoms with Gasteiger partial charge in [-0.05, 0) is 24.1 Å². The van der Waals surface area contributed by atoms with E-state index in [1.54, 1.807) is 18.2 Å². The van der Waals surface area contributed by atoms with E-state index in [9.17, 15) is 9.59 Å². The van der Waals surface area contributed by atoms with Gasteiger partial charge in [0.05, 0.1) is 17.7 Å². The summed E-state index contributed by atoms with van der Waals surface area (Å²) in [6.07, 6.45) is 0.742. The van der Waals surface area contributed by atoms with Crippen LogP contribution in [0, 0.1) is 5.92 Å². The van der Waals surface area contributed by atoms with E-state index < -0.39 is 17.9 Å². The number of halogens is 2. The van der Waals surface area contributed by atoms with E-state index in [2.05, 4.69) is 21.2 Å². The number of rotatable bonds is 5. The lowest BCUT2D eigenvalue weighted by atomic mass is 9.99. The van der Waals surface area contributed by atoms with Gasteiger partial charge in [0, 0.05) is 4.47 Å². The first-order valence-corrected chi connectivity index (χ1v) is 7.41. The third-order valence-electron chi connectivity index (χ3n) is 3.13. The van der Waals surface area contributed by atoms with Crippen molar-refractivity contribution < 1.29 is 14.3 Å². The standard InChI is InChI=1S/C14H17BrClNO3/c1-4-8(2)12(14(19)20-3)17-13(18)10-7-9(15)5-6-11(10)16/h5-8,12H,4H2,1-3H3,(H,17,18). The molecule has 0 aromatic heterocycles. The summed E-state index contributed by atoms with van der Waals surface area (Å²) in [6.45, 7) is 3.82. The predicted octanol–water partition coefficient (Wildman–Crippen LogP) is 3.42. The number of ether oxygens (including phenoxy) is 1. The molecule has 0 heterocycles. The quantitative estimate of drug-likeness (QED) is 0.817. The summed E-state index contributed by atoms with van der Waals surface area (Å²) in [5, 5.41) is 3.02. The van der Waals surface area contributed by atoms with E-state index in [1.165, 1.54) is 7.11 Å². The molecule has 0 saturated carbocycles. The second-order valence-electron chi connectivity index (χ2n) is 4.48. The molecule has 6 heteroatoms. The van der Waals surface area contributed by atoms with Crippen LogP contribution in [0.2, 0.25) is 5.02 Å². The molecule has 1 aromatic rings. The van der Waals surface area contributed by atoms with Crippen molar-refractivity contribution in [3.63, 3.8) is 0 Å². The summed E-state index contributed by atoms with van der Waals surface area (Å²) in [5.41, 5.74) is 0.318. The Balaban J connectivity index is 2.96. The molecule has 1 aromatic carbocycles. The van der Waals surface area contributed by atoms with Crippen molar-refractivity contribution in [2.24, 2.45) is 5.92 Å². The number of carbonyl (C=O) groups excluding carboxylic acids is 2. The Morgan fingerprint density at radius 2 is 2.10 bits per heavy atom. The summed E-state index contributed by atoms with van der Waals surface area (Å²) in [5.74, 6) is -0.886. The average molecular weight is 363 g/mol. The van der Waals surface area contributed by atoms with Crippen molar-refractivity contribution in [2.75, 3.05) is 7.11 Å². The molecule has 0 aliphatic heterocycles. The Hall–Kier alpha value is -1.07. The first-order valence-electron chi connectivity index (χ1n) is 6.24. The topological polar surface area (TPSA) is 55.4 Å². The van der Waals surface area contributed by atoms with Gasteiger partial charge < -0.3 is 10.1 Å². The average Bonchev–Trinajstić information content (AvgIpc) is 2.45. The molecule has 4 nitrogen and oxygen atoms in total. The molecule has 1 rings (SSSR count). The van der Waals surface area contributed by atoms with Crippen molar-refractivity contribution in [2.45, 2.75) is 26.3 Å². The Labute approximate surface area is 132 Å². The van der Waals surface area contributed by atoms with Crippen molar-refractivity contribution in [3.05, 3.63) is 33.3 Å². The maximum Gasteiger partial charge on any atom is 0.328 e. The maximum atomic E-state index is 12.2. The van der Waals surface area contributed by atoms with E-state index in [0.717, 1.165) is 10.9 Å². The van der Waals surface area contributed by atoms with Crippen molar-refractivity contribution in [1.82, 2.24) is 5.32 Å². The smallest absolute Gasteiger partial charge is 0.328 e. The number of amides is 1. The van der Waals surface area contributed by atoms with Crippen LogP contribution in [0.15, 0.2) is 22.7 Å². The molecule has 0 aliphatic rings. The molecule has 1 amide bonds. The minimum Gasteiger partial charge on any atom is -0.467 e. The van der Waals surface area contributed by atoms with Crippen LogP contribution < -0.4 is 5.32 Å². The van der Waals surface area contributed by atoms with Gasteiger partial charge in [-0.2, -0.15) is 0 Å². The Morgan fingerprint density at radius 1 is 1.45 bits per heavy atom. The molecule has 0 spiro atoms. The summed E-state index contributed by atoms with van der Waals surface area (Å²) in [4.78, 5) is 24.0. The third kappa shape index (κ3) is 4.21. The minimum atomic E-state index is -0.687. The van der Waals surface area contributed by atoms with E-state index >= 15 is 0 Å². The largest absolute Gasteiger partial charge is 0.467 e. The number of benzene rings is 1. The van der Waals surface area contributed by atoms with Crippen molar-refractivity contribution >= 4 is 39.4 Å². The van der Waals surface area contributed by atoms with Crippen LogP contribution in [-0.4, -0.2) is 25.0 Å². The second kappa shape index (κ2) is 7.64. The van der Waals surface area contributed by atoms with Gasteiger partial charge in [-0.3, -0.25) is 4.79 Å². The lowest BCUT2D eigenvalue weighted by molar-refractivity contribution is -0.144.